The molecule has 1 fully saturated rings. The molecule has 7 heteroatoms. The van der Waals surface area contributed by atoms with E-state index in [2.05, 4.69) is 6.07 Å². The van der Waals surface area contributed by atoms with Crippen molar-refractivity contribution in [3.05, 3.63) is 35.9 Å². The van der Waals surface area contributed by atoms with E-state index in [0.29, 0.717) is 27.9 Å². The summed E-state index contributed by atoms with van der Waals surface area (Å²) in [6.45, 7) is 2.50. The molecule has 0 N–H and O–H groups in total. The van der Waals surface area contributed by atoms with Gasteiger partial charge in [0.05, 0.1) is 10.3 Å². The predicted molar refractivity (Wildman–Crippen MR) is 106 cm³/mol. The number of nitriles is 1. The minimum absolute atomic E-state index is 0.00676. The van der Waals surface area contributed by atoms with Crippen LogP contribution in [0.5, 0.6) is 0 Å². The maximum Gasteiger partial charge on any atom is 0.228 e. The molecule has 1 aromatic rings. The lowest BCUT2D eigenvalue weighted by Gasteiger charge is -2.22. The fourth-order valence-corrected chi connectivity index (χ4v) is 4.91. The second-order valence-electron chi connectivity index (χ2n) is 5.26. The molecule has 1 aromatic carbocycles. The molecule has 23 heavy (non-hydrogen) atoms. The van der Waals surface area contributed by atoms with Crippen molar-refractivity contribution >= 4 is 62.4 Å². The number of amides is 1. The van der Waals surface area contributed by atoms with Crippen molar-refractivity contribution in [3.63, 3.8) is 0 Å². The van der Waals surface area contributed by atoms with E-state index in [1.165, 1.54) is 23.5 Å². The normalized spacial score (nSPS) is 16.7. The van der Waals surface area contributed by atoms with Crippen LogP contribution < -0.4 is 0 Å². The molecule has 0 aliphatic carbocycles. The minimum atomic E-state index is -0.725. The van der Waals surface area contributed by atoms with Crippen LogP contribution in [-0.2, 0) is 4.79 Å². The van der Waals surface area contributed by atoms with Crippen LogP contribution in [0, 0.1) is 11.3 Å². The van der Waals surface area contributed by atoms with Crippen LogP contribution >= 0.6 is 48.0 Å². The standard InChI is InChI=1S/C16H16N2OS4/c1-16(11-17,23-14(20)12-5-3-2-4-6-12)8-7-13(19)18-9-10-22-15(18)21/h2-6H,7-10H2,1H3. The van der Waals surface area contributed by atoms with Gasteiger partial charge in [-0.3, -0.25) is 9.69 Å². The summed E-state index contributed by atoms with van der Waals surface area (Å²) in [5.74, 6) is 0.847. The van der Waals surface area contributed by atoms with Crippen molar-refractivity contribution in [2.45, 2.75) is 24.5 Å². The highest BCUT2D eigenvalue weighted by Gasteiger charge is 2.30. The van der Waals surface area contributed by atoms with Gasteiger partial charge in [-0.05, 0) is 18.9 Å². The average molecular weight is 381 g/mol. The lowest BCUT2D eigenvalue weighted by atomic mass is 10.1. The molecule has 1 amide bonds. The van der Waals surface area contributed by atoms with E-state index in [4.69, 9.17) is 24.4 Å². The zero-order valence-corrected chi connectivity index (χ0v) is 15.9. The zero-order chi connectivity index (χ0) is 16.9. The van der Waals surface area contributed by atoms with Crippen molar-refractivity contribution in [2.75, 3.05) is 12.3 Å². The Hall–Kier alpha value is -0.940. The van der Waals surface area contributed by atoms with Gasteiger partial charge < -0.3 is 0 Å². The van der Waals surface area contributed by atoms with Crippen molar-refractivity contribution in [3.8, 4) is 6.07 Å². The van der Waals surface area contributed by atoms with E-state index in [-0.39, 0.29) is 5.91 Å². The van der Waals surface area contributed by atoms with Crippen LogP contribution in [0.4, 0.5) is 0 Å². The van der Waals surface area contributed by atoms with Gasteiger partial charge in [-0.15, -0.1) is 0 Å². The first-order valence-corrected chi connectivity index (χ1v) is 9.74. The number of nitrogens with zero attached hydrogens (tertiary/aromatic N) is 2. The quantitative estimate of drug-likeness (QED) is 0.719. The summed E-state index contributed by atoms with van der Waals surface area (Å²) in [6.07, 6.45) is 0.749. The Morgan fingerprint density at radius 2 is 2.17 bits per heavy atom. The third kappa shape index (κ3) is 5.01. The molecule has 1 aliphatic rings. The molecule has 1 saturated heterocycles. The van der Waals surface area contributed by atoms with Crippen LogP contribution in [0.3, 0.4) is 0 Å². The van der Waals surface area contributed by atoms with Gasteiger partial charge in [-0.1, -0.05) is 78.3 Å². The van der Waals surface area contributed by atoms with Crippen molar-refractivity contribution in [1.29, 1.82) is 5.26 Å². The van der Waals surface area contributed by atoms with E-state index in [1.54, 1.807) is 4.90 Å². The topological polar surface area (TPSA) is 44.1 Å². The van der Waals surface area contributed by atoms with E-state index in [9.17, 15) is 10.1 Å². The summed E-state index contributed by atoms with van der Waals surface area (Å²) in [7, 11) is 0. The van der Waals surface area contributed by atoms with E-state index in [1.807, 2.05) is 37.3 Å². The fourth-order valence-electron chi connectivity index (χ4n) is 2.07. The summed E-state index contributed by atoms with van der Waals surface area (Å²) in [5.41, 5.74) is 0.928. The summed E-state index contributed by atoms with van der Waals surface area (Å²) in [5, 5.41) is 9.53. The predicted octanol–water partition coefficient (Wildman–Crippen LogP) is 4.02. The Balaban J connectivity index is 1.95. The van der Waals surface area contributed by atoms with E-state index in [0.717, 1.165) is 11.3 Å². The largest absolute Gasteiger partial charge is 0.297 e. The monoisotopic (exact) mass is 380 g/mol. The maximum atomic E-state index is 12.2. The van der Waals surface area contributed by atoms with E-state index < -0.39 is 4.75 Å². The smallest absolute Gasteiger partial charge is 0.228 e. The molecule has 1 heterocycles. The Morgan fingerprint density at radius 1 is 1.48 bits per heavy atom. The minimum Gasteiger partial charge on any atom is -0.297 e. The van der Waals surface area contributed by atoms with Crippen LogP contribution in [-0.4, -0.2) is 36.4 Å². The van der Waals surface area contributed by atoms with Crippen LogP contribution in [0.1, 0.15) is 25.3 Å². The van der Waals surface area contributed by atoms with Crippen molar-refractivity contribution < 1.29 is 4.79 Å². The first-order chi connectivity index (χ1) is 10.9. The Labute approximate surface area is 155 Å². The van der Waals surface area contributed by atoms with Crippen LogP contribution in [0.25, 0.3) is 0 Å². The first kappa shape index (κ1) is 18.4. The number of carbonyl (C=O) groups excluding carboxylic acids is 1. The van der Waals surface area contributed by atoms with Gasteiger partial charge >= 0.3 is 0 Å². The molecule has 0 radical (unpaired) electrons. The number of hydrogen-bond acceptors (Lipinski definition) is 6. The van der Waals surface area contributed by atoms with Crippen LogP contribution in [0.15, 0.2) is 30.3 Å². The maximum absolute atomic E-state index is 12.2. The zero-order valence-electron chi connectivity index (χ0n) is 12.7. The molecular weight excluding hydrogens is 364 g/mol. The van der Waals surface area contributed by atoms with Crippen LogP contribution in [0.2, 0.25) is 0 Å². The van der Waals surface area contributed by atoms with Gasteiger partial charge in [-0.2, -0.15) is 5.26 Å². The Morgan fingerprint density at radius 3 is 2.74 bits per heavy atom. The van der Waals surface area contributed by atoms with Gasteiger partial charge in [0, 0.05) is 18.7 Å². The number of hydrogen-bond donors (Lipinski definition) is 0. The number of thiocarbonyl (C=S) groups is 2. The molecule has 1 aliphatic heterocycles. The highest BCUT2D eigenvalue weighted by Crippen LogP contribution is 2.33. The first-order valence-electron chi connectivity index (χ1n) is 7.12. The SMILES string of the molecule is CC(C#N)(CCC(=O)N1CCSC1=S)SC(=S)c1ccccc1. The Bertz CT molecular complexity index is 656. The third-order valence-corrected chi connectivity index (χ3v) is 6.52. The molecule has 2 rings (SSSR count). The molecule has 1 unspecified atom stereocenters. The Kier molecular flexibility index (Phi) is 6.60. The summed E-state index contributed by atoms with van der Waals surface area (Å²) in [6, 6.07) is 11.9. The fraction of sp³-hybridized carbons (Fsp3) is 0.375. The number of rotatable bonds is 5. The van der Waals surface area contributed by atoms with Gasteiger partial charge in [0.25, 0.3) is 0 Å². The van der Waals surface area contributed by atoms with E-state index >= 15 is 0 Å². The van der Waals surface area contributed by atoms with Crippen molar-refractivity contribution in [2.24, 2.45) is 0 Å². The molecule has 1 atom stereocenters. The van der Waals surface area contributed by atoms with Gasteiger partial charge in [0.15, 0.2) is 0 Å². The third-order valence-electron chi connectivity index (χ3n) is 3.44. The molecule has 0 saturated carbocycles. The molecular formula is C16H16N2OS4. The number of thioether (sulfide) groups is 2. The molecule has 0 spiro atoms. The lowest BCUT2D eigenvalue weighted by Crippen LogP contribution is -2.32. The highest BCUT2D eigenvalue weighted by atomic mass is 32.2. The molecule has 120 valence electrons. The number of carbonyl (C=O) groups is 1. The number of benzene rings is 1. The molecule has 0 bridgehead atoms. The van der Waals surface area contributed by atoms with Gasteiger partial charge in [0.1, 0.15) is 9.07 Å². The molecule has 0 aromatic heterocycles. The highest BCUT2D eigenvalue weighted by molar-refractivity contribution is 8.24. The summed E-state index contributed by atoms with van der Waals surface area (Å²) in [4.78, 5) is 13.9. The van der Waals surface area contributed by atoms with Gasteiger partial charge in [-0.25, -0.2) is 0 Å². The second-order valence-corrected chi connectivity index (χ2v) is 9.17. The molecule has 3 nitrogen and oxygen atoms in total. The lowest BCUT2D eigenvalue weighted by molar-refractivity contribution is -0.127. The van der Waals surface area contributed by atoms with Gasteiger partial charge in [0.2, 0.25) is 5.91 Å². The summed E-state index contributed by atoms with van der Waals surface area (Å²) >= 11 is 13.5. The second kappa shape index (κ2) is 8.25. The summed E-state index contributed by atoms with van der Waals surface area (Å²) < 4.78 is 0.590. The van der Waals surface area contributed by atoms with Crippen molar-refractivity contribution in [1.82, 2.24) is 4.90 Å². The average Bonchev–Trinajstić information content (AvgIpc) is 2.99.